The lowest BCUT2D eigenvalue weighted by Gasteiger charge is -2.25. The van der Waals surface area contributed by atoms with Crippen LogP contribution in [0, 0.1) is 5.41 Å². The number of rotatable bonds is 5. The van der Waals surface area contributed by atoms with Gasteiger partial charge in [0.15, 0.2) is 0 Å². The van der Waals surface area contributed by atoms with Crippen molar-refractivity contribution in [1.82, 2.24) is 0 Å². The summed E-state index contributed by atoms with van der Waals surface area (Å²) in [6.07, 6.45) is 4.02. The van der Waals surface area contributed by atoms with Gasteiger partial charge in [-0.15, -0.1) is 11.6 Å². The highest BCUT2D eigenvalue weighted by molar-refractivity contribution is 6.17. The number of halogens is 1. The molecule has 0 amide bonds. The van der Waals surface area contributed by atoms with Gasteiger partial charge in [0.05, 0.1) is 6.10 Å². The van der Waals surface area contributed by atoms with Gasteiger partial charge < -0.3 is 5.11 Å². The molecule has 1 N–H and O–H groups in total. The molecule has 0 radical (unpaired) electrons. The second-order valence-electron chi connectivity index (χ2n) is 4.42. The fraction of sp³-hybridized carbons (Fsp3) is 1.00. The van der Waals surface area contributed by atoms with Gasteiger partial charge in [-0.25, -0.2) is 0 Å². The largest absolute Gasteiger partial charge is 0.393 e. The zero-order valence-corrected chi connectivity index (χ0v) is 9.19. The second kappa shape index (κ2) is 5.82. The summed E-state index contributed by atoms with van der Waals surface area (Å²) in [6, 6.07) is 0. The van der Waals surface area contributed by atoms with Crippen molar-refractivity contribution in [3.05, 3.63) is 0 Å². The summed E-state index contributed by atoms with van der Waals surface area (Å²) in [5.41, 5.74) is 0.0287. The van der Waals surface area contributed by atoms with E-state index in [9.17, 15) is 5.11 Å². The van der Waals surface area contributed by atoms with Crippen LogP contribution in [-0.4, -0.2) is 17.1 Å². The Bertz CT molecular complexity index is 107. The lowest BCUT2D eigenvalue weighted by atomic mass is 9.86. The predicted octanol–water partition coefficient (Wildman–Crippen LogP) is 3.19. The summed E-state index contributed by atoms with van der Waals surface area (Å²) < 4.78 is 0. The van der Waals surface area contributed by atoms with E-state index in [4.69, 9.17) is 11.6 Å². The molecule has 0 aliphatic carbocycles. The van der Waals surface area contributed by atoms with E-state index in [1.165, 1.54) is 0 Å². The Hall–Kier alpha value is 0.250. The summed E-state index contributed by atoms with van der Waals surface area (Å²) in [5, 5.41) is 9.65. The maximum Gasteiger partial charge on any atom is 0.0588 e. The highest BCUT2D eigenvalue weighted by Gasteiger charge is 2.20. The van der Waals surface area contributed by atoms with E-state index < -0.39 is 0 Å². The lowest BCUT2D eigenvalue weighted by molar-refractivity contribution is 0.0535. The van der Waals surface area contributed by atoms with Crippen molar-refractivity contribution < 1.29 is 5.11 Å². The fourth-order valence-electron chi connectivity index (χ4n) is 1.04. The van der Waals surface area contributed by atoms with Crippen molar-refractivity contribution in [2.45, 2.75) is 52.6 Å². The third-order valence-corrected chi connectivity index (χ3v) is 2.38. The molecule has 0 heterocycles. The normalized spacial score (nSPS) is 14.8. The Kier molecular flexibility index (Phi) is 5.94. The predicted molar refractivity (Wildman–Crippen MR) is 54.6 cm³/mol. The van der Waals surface area contributed by atoms with Crippen LogP contribution in [0.1, 0.15) is 46.5 Å². The summed E-state index contributed by atoms with van der Waals surface area (Å²) in [6.45, 7) is 6.21. The van der Waals surface area contributed by atoms with Crippen molar-refractivity contribution in [1.29, 1.82) is 0 Å². The molecule has 0 aromatic heterocycles. The van der Waals surface area contributed by atoms with Crippen LogP contribution >= 0.6 is 11.6 Å². The van der Waals surface area contributed by atoms with Crippen molar-refractivity contribution in [3.63, 3.8) is 0 Å². The van der Waals surface area contributed by atoms with Gasteiger partial charge in [0.1, 0.15) is 0 Å². The molecule has 0 spiro atoms. The maximum absolute atomic E-state index is 9.65. The molecule has 1 atom stereocenters. The molecule has 2 heteroatoms. The van der Waals surface area contributed by atoms with Gasteiger partial charge in [0.25, 0.3) is 0 Å². The molecule has 0 aliphatic rings. The second-order valence-corrected chi connectivity index (χ2v) is 4.80. The topological polar surface area (TPSA) is 20.2 Å². The summed E-state index contributed by atoms with van der Waals surface area (Å²) in [4.78, 5) is 0. The van der Waals surface area contributed by atoms with E-state index >= 15 is 0 Å². The van der Waals surface area contributed by atoms with Gasteiger partial charge in [-0.05, 0) is 18.3 Å². The van der Waals surface area contributed by atoms with E-state index in [0.717, 1.165) is 31.6 Å². The zero-order chi connectivity index (χ0) is 9.61. The monoisotopic (exact) mass is 192 g/mol. The number of aliphatic hydroxyl groups excluding tert-OH is 1. The SMILES string of the molecule is CC(C)(C)C(O)CCCCCCl. The van der Waals surface area contributed by atoms with E-state index in [0.29, 0.717) is 0 Å². The van der Waals surface area contributed by atoms with Gasteiger partial charge in [-0.1, -0.05) is 33.6 Å². The van der Waals surface area contributed by atoms with Crippen molar-refractivity contribution >= 4 is 11.6 Å². The van der Waals surface area contributed by atoms with Crippen molar-refractivity contribution in [2.24, 2.45) is 5.41 Å². The molecule has 0 bridgehead atoms. The van der Waals surface area contributed by atoms with E-state index in [1.807, 2.05) is 0 Å². The molecule has 0 rings (SSSR count). The molecule has 12 heavy (non-hydrogen) atoms. The molecule has 0 saturated carbocycles. The Morgan fingerprint density at radius 3 is 2.17 bits per heavy atom. The number of aliphatic hydroxyl groups is 1. The third kappa shape index (κ3) is 5.84. The smallest absolute Gasteiger partial charge is 0.0588 e. The van der Waals surface area contributed by atoms with Gasteiger partial charge in [0, 0.05) is 5.88 Å². The molecular weight excluding hydrogens is 172 g/mol. The minimum absolute atomic E-state index is 0.0287. The summed E-state index contributed by atoms with van der Waals surface area (Å²) in [5.74, 6) is 0.742. The fourth-order valence-corrected chi connectivity index (χ4v) is 1.23. The van der Waals surface area contributed by atoms with Crippen LogP contribution in [-0.2, 0) is 0 Å². The zero-order valence-electron chi connectivity index (χ0n) is 8.44. The quantitative estimate of drug-likeness (QED) is 0.524. The van der Waals surface area contributed by atoms with Crippen LogP contribution in [0.25, 0.3) is 0 Å². The lowest BCUT2D eigenvalue weighted by Crippen LogP contribution is -2.25. The molecule has 0 fully saturated rings. The Morgan fingerprint density at radius 1 is 1.17 bits per heavy atom. The molecule has 0 aliphatic heterocycles. The highest BCUT2D eigenvalue weighted by Crippen LogP contribution is 2.23. The van der Waals surface area contributed by atoms with E-state index in [2.05, 4.69) is 20.8 Å². The van der Waals surface area contributed by atoms with Crippen LogP contribution < -0.4 is 0 Å². The van der Waals surface area contributed by atoms with Gasteiger partial charge in [-0.3, -0.25) is 0 Å². The van der Waals surface area contributed by atoms with E-state index in [-0.39, 0.29) is 11.5 Å². The summed E-state index contributed by atoms with van der Waals surface area (Å²) in [7, 11) is 0. The van der Waals surface area contributed by atoms with Gasteiger partial charge in [0.2, 0.25) is 0 Å². The minimum Gasteiger partial charge on any atom is -0.393 e. The number of alkyl halides is 1. The Balaban J connectivity index is 3.38. The molecule has 1 nitrogen and oxygen atoms in total. The first-order chi connectivity index (χ1) is 5.48. The maximum atomic E-state index is 9.65. The average molecular weight is 193 g/mol. The van der Waals surface area contributed by atoms with Gasteiger partial charge >= 0.3 is 0 Å². The molecular formula is C10H21ClO. The number of hydrogen-bond acceptors (Lipinski definition) is 1. The molecule has 0 aromatic carbocycles. The Labute approximate surface area is 81.1 Å². The number of hydrogen-bond donors (Lipinski definition) is 1. The third-order valence-electron chi connectivity index (χ3n) is 2.11. The van der Waals surface area contributed by atoms with Crippen LogP contribution in [0.4, 0.5) is 0 Å². The average Bonchev–Trinajstić information content (AvgIpc) is 1.96. The van der Waals surface area contributed by atoms with Crippen LogP contribution in [0.3, 0.4) is 0 Å². The Morgan fingerprint density at radius 2 is 1.75 bits per heavy atom. The summed E-state index contributed by atoms with van der Waals surface area (Å²) >= 11 is 5.54. The number of unbranched alkanes of at least 4 members (excludes halogenated alkanes) is 2. The first kappa shape index (κ1) is 12.2. The van der Waals surface area contributed by atoms with Crippen molar-refractivity contribution in [3.8, 4) is 0 Å². The molecule has 74 valence electrons. The molecule has 0 aromatic rings. The van der Waals surface area contributed by atoms with Crippen LogP contribution in [0.15, 0.2) is 0 Å². The van der Waals surface area contributed by atoms with Crippen molar-refractivity contribution in [2.75, 3.05) is 5.88 Å². The first-order valence-corrected chi connectivity index (χ1v) is 5.26. The molecule has 1 unspecified atom stereocenters. The van der Waals surface area contributed by atoms with Crippen LogP contribution in [0.2, 0.25) is 0 Å². The van der Waals surface area contributed by atoms with E-state index in [1.54, 1.807) is 0 Å². The minimum atomic E-state index is -0.173. The standard InChI is InChI=1S/C10H21ClO/c1-10(2,3)9(12)7-5-4-6-8-11/h9,12H,4-8H2,1-3H3. The molecule has 0 saturated heterocycles. The highest BCUT2D eigenvalue weighted by atomic mass is 35.5. The first-order valence-electron chi connectivity index (χ1n) is 4.72. The van der Waals surface area contributed by atoms with Gasteiger partial charge in [-0.2, -0.15) is 0 Å². The van der Waals surface area contributed by atoms with Crippen LogP contribution in [0.5, 0.6) is 0 Å².